The highest BCUT2D eigenvalue weighted by molar-refractivity contribution is 7.89. The van der Waals surface area contributed by atoms with Crippen molar-refractivity contribution >= 4 is 42.5 Å². The van der Waals surface area contributed by atoms with Crippen LogP contribution in [0.2, 0.25) is 0 Å². The van der Waals surface area contributed by atoms with Gasteiger partial charge in [-0.05, 0) is 45.6 Å². The largest absolute Gasteiger partial charge is 0.296 e. The van der Waals surface area contributed by atoms with Gasteiger partial charge in [-0.1, -0.05) is 17.4 Å². The number of rotatable bonds is 8. The Morgan fingerprint density at radius 2 is 1.87 bits per heavy atom. The number of fused-ring (bicyclic) bond motifs is 1. The lowest BCUT2D eigenvalue weighted by molar-refractivity contribution is 0.150. The second kappa shape index (κ2) is 9.36. The van der Waals surface area contributed by atoms with E-state index in [4.69, 9.17) is 0 Å². The molecule has 1 saturated carbocycles. The molecule has 0 spiro atoms. The first-order valence-corrected chi connectivity index (χ1v) is 15.6. The Kier molecular flexibility index (Phi) is 6.69. The van der Waals surface area contributed by atoms with Crippen molar-refractivity contribution in [2.75, 3.05) is 13.1 Å². The second-order valence-corrected chi connectivity index (χ2v) is 15.0. The van der Waals surface area contributed by atoms with E-state index in [9.17, 15) is 25.6 Å². The van der Waals surface area contributed by atoms with Crippen molar-refractivity contribution in [2.45, 2.75) is 62.1 Å². The SMILES string of the molecule is CC(C)S(=O)(=O)N1CC=C(c2c(F)c(S(=O)(=O)NC3(C)CC3)cn3c(-c4nnc(C(F)F)s4)ncc23)CC1. The van der Waals surface area contributed by atoms with Gasteiger partial charge < -0.3 is 0 Å². The lowest BCUT2D eigenvalue weighted by Gasteiger charge is -2.28. The Bertz CT molecular complexity index is 1660. The molecule has 2 aliphatic rings. The number of imidazole rings is 1. The van der Waals surface area contributed by atoms with Crippen LogP contribution in [0.15, 0.2) is 23.4 Å². The maximum Gasteiger partial charge on any atom is 0.291 e. The van der Waals surface area contributed by atoms with Crippen LogP contribution < -0.4 is 4.72 Å². The van der Waals surface area contributed by atoms with Gasteiger partial charge in [-0.2, -0.15) is 4.31 Å². The number of pyridine rings is 1. The fourth-order valence-electron chi connectivity index (χ4n) is 4.23. The minimum absolute atomic E-state index is 0.00939. The average Bonchev–Trinajstić information content (AvgIpc) is 3.23. The normalized spacial score (nSPS) is 18.5. The summed E-state index contributed by atoms with van der Waals surface area (Å²) in [4.78, 5) is 3.60. The van der Waals surface area contributed by atoms with E-state index in [1.165, 1.54) is 14.9 Å². The third kappa shape index (κ3) is 4.76. The van der Waals surface area contributed by atoms with Crippen LogP contribution in [0.4, 0.5) is 13.2 Å². The van der Waals surface area contributed by atoms with Crippen molar-refractivity contribution < 1.29 is 30.0 Å². The third-order valence-corrected chi connectivity index (χ3v) is 11.5. The van der Waals surface area contributed by atoms with Crippen LogP contribution in [0, 0.1) is 5.82 Å². The van der Waals surface area contributed by atoms with E-state index in [1.54, 1.807) is 26.8 Å². The molecule has 38 heavy (non-hydrogen) atoms. The first kappa shape index (κ1) is 27.2. The van der Waals surface area contributed by atoms with E-state index >= 15 is 4.39 Å². The van der Waals surface area contributed by atoms with Gasteiger partial charge in [0.25, 0.3) is 6.43 Å². The Morgan fingerprint density at radius 1 is 1.16 bits per heavy atom. The van der Waals surface area contributed by atoms with Crippen LogP contribution in [-0.2, 0) is 20.0 Å². The molecule has 10 nitrogen and oxygen atoms in total. The monoisotopic (exact) mass is 590 g/mol. The second-order valence-electron chi connectivity index (χ2n) is 9.86. The molecule has 4 heterocycles. The molecule has 0 amide bonds. The van der Waals surface area contributed by atoms with Gasteiger partial charge in [-0.15, -0.1) is 10.2 Å². The molecule has 0 atom stereocenters. The Hall–Kier alpha value is -2.40. The maximum atomic E-state index is 16.1. The van der Waals surface area contributed by atoms with E-state index in [0.717, 1.165) is 6.20 Å². The molecule has 5 rings (SSSR count). The number of nitrogens with zero attached hydrogens (tertiary/aromatic N) is 5. The molecule has 0 aromatic carbocycles. The molecule has 1 fully saturated rings. The standard InChI is InChI=1S/C22H25F3N6O4S3/c1-12(2)38(34,35)30-8-4-13(5-9-30)16-14-10-26-19(21-28-27-20(36-21)18(24)25)31(14)11-15(17(16)23)37(32,33)29-22(3)6-7-22/h4,10-12,18,29H,5-9H2,1-3H3. The highest BCUT2D eigenvalue weighted by Gasteiger charge is 2.42. The maximum absolute atomic E-state index is 16.1. The fourth-order valence-corrected chi connectivity index (χ4v) is 7.69. The van der Waals surface area contributed by atoms with E-state index in [2.05, 4.69) is 19.9 Å². The van der Waals surface area contributed by atoms with Crippen molar-refractivity contribution in [3.8, 4) is 10.8 Å². The summed E-state index contributed by atoms with van der Waals surface area (Å²) < 4.78 is 99.3. The molecular formula is C22H25F3N6O4S3. The van der Waals surface area contributed by atoms with Gasteiger partial charge in [0.2, 0.25) is 20.0 Å². The first-order chi connectivity index (χ1) is 17.7. The number of halogens is 3. The number of alkyl halides is 2. The number of nitrogens with one attached hydrogen (secondary N) is 1. The summed E-state index contributed by atoms with van der Waals surface area (Å²) in [7, 11) is -7.87. The van der Waals surface area contributed by atoms with Crippen molar-refractivity contribution in [1.29, 1.82) is 0 Å². The van der Waals surface area contributed by atoms with Gasteiger partial charge in [0.05, 0.1) is 17.0 Å². The van der Waals surface area contributed by atoms with Gasteiger partial charge in [-0.3, -0.25) is 4.40 Å². The van der Waals surface area contributed by atoms with Crippen molar-refractivity contribution in [2.24, 2.45) is 0 Å². The third-order valence-electron chi connectivity index (χ3n) is 6.67. The first-order valence-electron chi connectivity index (χ1n) is 11.8. The van der Waals surface area contributed by atoms with E-state index in [0.29, 0.717) is 29.8 Å². The number of aromatic nitrogens is 4. The number of sulfonamides is 2. The molecule has 1 aliphatic heterocycles. The smallest absolute Gasteiger partial charge is 0.291 e. The quantitative estimate of drug-likeness (QED) is 0.425. The van der Waals surface area contributed by atoms with Crippen LogP contribution in [0.5, 0.6) is 0 Å². The van der Waals surface area contributed by atoms with E-state index in [1.807, 2.05) is 0 Å². The minimum atomic E-state index is -4.33. The minimum Gasteiger partial charge on any atom is -0.296 e. The van der Waals surface area contributed by atoms with Crippen LogP contribution in [0.1, 0.15) is 57.0 Å². The van der Waals surface area contributed by atoms with E-state index in [-0.39, 0.29) is 41.4 Å². The van der Waals surface area contributed by atoms with E-state index < -0.39 is 53.0 Å². The number of hydrogen-bond donors (Lipinski definition) is 1. The van der Waals surface area contributed by atoms with Gasteiger partial charge in [0, 0.05) is 30.4 Å². The lowest BCUT2D eigenvalue weighted by atomic mass is 9.99. The van der Waals surface area contributed by atoms with Crippen LogP contribution >= 0.6 is 11.3 Å². The molecule has 0 bridgehead atoms. The summed E-state index contributed by atoms with van der Waals surface area (Å²) in [6.07, 6.45) is 2.41. The summed E-state index contributed by atoms with van der Waals surface area (Å²) >= 11 is 0.596. The summed E-state index contributed by atoms with van der Waals surface area (Å²) in [5.41, 5.74) is -0.129. The van der Waals surface area contributed by atoms with Gasteiger partial charge in [-0.25, -0.2) is 39.7 Å². The topological polar surface area (TPSA) is 127 Å². The van der Waals surface area contributed by atoms with Crippen molar-refractivity contribution in [3.05, 3.63) is 34.9 Å². The molecule has 0 radical (unpaired) electrons. The molecule has 1 aliphatic carbocycles. The van der Waals surface area contributed by atoms with Crippen molar-refractivity contribution in [1.82, 2.24) is 28.6 Å². The Balaban J connectivity index is 1.67. The Labute approximate surface area is 221 Å². The molecule has 0 unspecified atom stereocenters. The van der Waals surface area contributed by atoms with Gasteiger partial charge >= 0.3 is 0 Å². The summed E-state index contributed by atoms with van der Waals surface area (Å²) in [5.74, 6) is -0.974. The summed E-state index contributed by atoms with van der Waals surface area (Å²) in [6.45, 7) is 4.93. The molecule has 1 N–H and O–H groups in total. The molecule has 206 valence electrons. The fraction of sp³-hybridized carbons (Fsp3) is 0.500. The number of hydrogen-bond acceptors (Lipinski definition) is 8. The van der Waals surface area contributed by atoms with Crippen molar-refractivity contribution in [3.63, 3.8) is 0 Å². The lowest BCUT2D eigenvalue weighted by Crippen LogP contribution is -2.39. The van der Waals surface area contributed by atoms with Gasteiger partial charge in [0.15, 0.2) is 21.7 Å². The van der Waals surface area contributed by atoms with Crippen LogP contribution in [0.25, 0.3) is 21.9 Å². The molecule has 3 aromatic heterocycles. The predicted molar refractivity (Wildman–Crippen MR) is 135 cm³/mol. The molecular weight excluding hydrogens is 565 g/mol. The zero-order chi connectivity index (χ0) is 27.6. The zero-order valence-corrected chi connectivity index (χ0v) is 23.1. The molecule has 0 saturated heterocycles. The molecule has 3 aromatic rings. The molecule has 16 heteroatoms. The average molecular weight is 591 g/mol. The highest BCUT2D eigenvalue weighted by Crippen LogP contribution is 2.39. The zero-order valence-electron chi connectivity index (χ0n) is 20.6. The summed E-state index contributed by atoms with van der Waals surface area (Å²) in [5, 5.41) is 6.08. The Morgan fingerprint density at radius 3 is 2.42 bits per heavy atom. The highest BCUT2D eigenvalue weighted by atomic mass is 32.2. The predicted octanol–water partition coefficient (Wildman–Crippen LogP) is 3.59. The van der Waals surface area contributed by atoms with Crippen LogP contribution in [-0.4, -0.2) is 64.6 Å². The summed E-state index contributed by atoms with van der Waals surface area (Å²) in [6, 6.07) is 0. The van der Waals surface area contributed by atoms with Crippen LogP contribution in [0.3, 0.4) is 0 Å². The van der Waals surface area contributed by atoms with Gasteiger partial charge in [0.1, 0.15) is 4.90 Å².